The normalized spacial score (nSPS) is 11.3. The van der Waals surface area contributed by atoms with Crippen molar-refractivity contribution in [2.24, 2.45) is 5.10 Å². The van der Waals surface area contributed by atoms with E-state index in [-0.39, 0.29) is 23.8 Å². The zero-order chi connectivity index (χ0) is 31.0. The van der Waals surface area contributed by atoms with Gasteiger partial charge in [-0.15, -0.1) is 0 Å². The molecular weight excluding hydrogens is 552 g/mol. The maximum Gasteiger partial charge on any atom is 0.273 e. The second kappa shape index (κ2) is 17.7. The Balaban J connectivity index is 1.74. The quantitative estimate of drug-likeness (QED) is 0.118. The van der Waals surface area contributed by atoms with Crippen molar-refractivity contribution in [1.29, 1.82) is 0 Å². The van der Waals surface area contributed by atoms with E-state index >= 15 is 0 Å². The van der Waals surface area contributed by atoms with Gasteiger partial charge in [0.05, 0.1) is 30.7 Å². The number of benzene rings is 3. The van der Waals surface area contributed by atoms with Crippen LogP contribution < -0.4 is 15.5 Å². The molecule has 10 heteroatoms. The first-order valence-corrected chi connectivity index (χ1v) is 14.6. The molecule has 230 valence electrons. The molecule has 0 heterocycles. The highest BCUT2D eigenvalue weighted by atomic mass is 19.1. The molecule has 2 amide bonds. The molecule has 0 spiro atoms. The molecule has 0 aliphatic carbocycles. The predicted molar refractivity (Wildman–Crippen MR) is 167 cm³/mol. The van der Waals surface area contributed by atoms with Gasteiger partial charge in [-0.1, -0.05) is 38.1 Å². The summed E-state index contributed by atoms with van der Waals surface area (Å²) >= 11 is 0. The molecule has 0 fully saturated rings. The van der Waals surface area contributed by atoms with Gasteiger partial charge in [-0.05, 0) is 86.6 Å². The molecule has 0 unspecified atom stereocenters. The number of unbranched alkanes of at least 4 members (excludes halogenated alkanes) is 1. The van der Waals surface area contributed by atoms with Crippen molar-refractivity contribution in [2.75, 3.05) is 51.8 Å². The molecule has 0 atom stereocenters. The van der Waals surface area contributed by atoms with E-state index in [1.165, 1.54) is 30.5 Å². The van der Waals surface area contributed by atoms with E-state index in [0.717, 1.165) is 31.7 Å². The summed E-state index contributed by atoms with van der Waals surface area (Å²) in [5, 5.41) is 6.77. The molecule has 0 saturated carbocycles. The highest BCUT2D eigenvalue weighted by Gasteiger charge is 2.17. The maximum atomic E-state index is 13.5. The third kappa shape index (κ3) is 11.2. The molecule has 3 aromatic carbocycles. The topological polar surface area (TPSA) is 86.3 Å². The van der Waals surface area contributed by atoms with Gasteiger partial charge in [0, 0.05) is 25.2 Å². The SMILES string of the molecule is CCN(CC)CCN(C)Cc1cccc(C(=O)Nc2ccc(OCCCCF)cc2C(=O)NN=Cc2cccc(F)c2)c1. The molecule has 8 nitrogen and oxygen atoms in total. The lowest BCUT2D eigenvalue weighted by Crippen LogP contribution is -2.32. The van der Waals surface area contributed by atoms with Crippen LogP contribution in [-0.4, -0.2) is 74.3 Å². The highest BCUT2D eigenvalue weighted by Crippen LogP contribution is 2.24. The molecular formula is C33H41F2N5O3. The molecule has 0 aromatic heterocycles. The molecule has 0 aliphatic rings. The van der Waals surface area contributed by atoms with Crippen LogP contribution in [0.15, 0.2) is 71.8 Å². The number of anilines is 1. The molecule has 0 saturated heterocycles. The summed E-state index contributed by atoms with van der Waals surface area (Å²) in [7, 11) is 2.05. The minimum Gasteiger partial charge on any atom is -0.494 e. The zero-order valence-electron chi connectivity index (χ0n) is 25.1. The Morgan fingerprint density at radius 3 is 2.49 bits per heavy atom. The fraction of sp³-hybridized carbons (Fsp3) is 0.364. The summed E-state index contributed by atoms with van der Waals surface area (Å²) in [6, 6.07) is 17.9. The zero-order valence-corrected chi connectivity index (χ0v) is 25.1. The number of ether oxygens (including phenoxy) is 1. The van der Waals surface area contributed by atoms with Crippen molar-refractivity contribution in [2.45, 2.75) is 33.2 Å². The summed E-state index contributed by atoms with van der Waals surface area (Å²) in [5.74, 6) is -0.999. The van der Waals surface area contributed by atoms with E-state index in [2.05, 4.69) is 46.5 Å². The molecule has 3 rings (SSSR count). The fourth-order valence-corrected chi connectivity index (χ4v) is 4.36. The van der Waals surface area contributed by atoms with Gasteiger partial charge < -0.3 is 19.9 Å². The average molecular weight is 594 g/mol. The van der Waals surface area contributed by atoms with Crippen LogP contribution in [-0.2, 0) is 6.54 Å². The van der Waals surface area contributed by atoms with Crippen LogP contribution in [0.4, 0.5) is 14.5 Å². The van der Waals surface area contributed by atoms with Crippen LogP contribution >= 0.6 is 0 Å². The summed E-state index contributed by atoms with van der Waals surface area (Å²) in [6.07, 6.45) is 2.22. The van der Waals surface area contributed by atoms with E-state index < -0.39 is 18.4 Å². The van der Waals surface area contributed by atoms with Gasteiger partial charge in [0.25, 0.3) is 11.8 Å². The molecule has 0 bridgehead atoms. The number of nitrogens with one attached hydrogen (secondary N) is 2. The minimum atomic E-state index is -0.597. The van der Waals surface area contributed by atoms with Crippen molar-refractivity contribution in [3.63, 3.8) is 0 Å². The fourth-order valence-electron chi connectivity index (χ4n) is 4.36. The monoisotopic (exact) mass is 593 g/mol. The lowest BCUT2D eigenvalue weighted by atomic mass is 10.1. The van der Waals surface area contributed by atoms with Crippen LogP contribution in [0.2, 0.25) is 0 Å². The lowest BCUT2D eigenvalue weighted by Gasteiger charge is -2.23. The van der Waals surface area contributed by atoms with Gasteiger partial charge in [-0.25, -0.2) is 9.82 Å². The number of hydrogen-bond donors (Lipinski definition) is 2. The average Bonchev–Trinajstić information content (AvgIpc) is 3.00. The second-order valence-corrected chi connectivity index (χ2v) is 10.1. The smallest absolute Gasteiger partial charge is 0.273 e. The molecule has 3 aromatic rings. The van der Waals surface area contributed by atoms with E-state index in [4.69, 9.17) is 4.74 Å². The largest absolute Gasteiger partial charge is 0.494 e. The molecule has 0 aliphatic heterocycles. The van der Waals surface area contributed by atoms with Gasteiger partial charge in [0.2, 0.25) is 0 Å². The lowest BCUT2D eigenvalue weighted by molar-refractivity contribution is 0.0955. The van der Waals surface area contributed by atoms with Crippen LogP contribution in [0.25, 0.3) is 0 Å². The van der Waals surface area contributed by atoms with Gasteiger partial charge in [0.15, 0.2) is 0 Å². The van der Waals surface area contributed by atoms with E-state index in [1.807, 2.05) is 18.2 Å². The summed E-state index contributed by atoms with van der Waals surface area (Å²) < 4.78 is 31.6. The Kier molecular flexibility index (Phi) is 13.7. The van der Waals surface area contributed by atoms with Gasteiger partial charge >= 0.3 is 0 Å². The first-order chi connectivity index (χ1) is 20.8. The number of nitrogens with zero attached hydrogens (tertiary/aromatic N) is 3. The van der Waals surface area contributed by atoms with Gasteiger partial charge in [0.1, 0.15) is 11.6 Å². The molecule has 2 N–H and O–H groups in total. The van der Waals surface area contributed by atoms with Crippen molar-refractivity contribution in [3.8, 4) is 5.75 Å². The number of likely N-dealkylation sites (N-methyl/N-ethyl adjacent to an activating group) is 2. The third-order valence-electron chi connectivity index (χ3n) is 6.84. The van der Waals surface area contributed by atoms with Crippen molar-refractivity contribution < 1.29 is 23.1 Å². The summed E-state index contributed by atoms with van der Waals surface area (Å²) in [5.41, 5.74) is 4.74. The van der Waals surface area contributed by atoms with Crippen LogP contribution in [0.1, 0.15) is 58.5 Å². The first-order valence-electron chi connectivity index (χ1n) is 14.6. The van der Waals surface area contributed by atoms with Crippen LogP contribution in [0, 0.1) is 5.82 Å². The Morgan fingerprint density at radius 2 is 1.74 bits per heavy atom. The minimum absolute atomic E-state index is 0.125. The van der Waals surface area contributed by atoms with Crippen molar-refractivity contribution in [3.05, 3.63) is 94.8 Å². The van der Waals surface area contributed by atoms with Crippen LogP contribution in [0.5, 0.6) is 5.75 Å². The van der Waals surface area contributed by atoms with E-state index in [1.54, 1.807) is 24.3 Å². The molecule has 43 heavy (non-hydrogen) atoms. The number of hydrazone groups is 1. The van der Waals surface area contributed by atoms with E-state index in [0.29, 0.717) is 36.3 Å². The number of hydrogen-bond acceptors (Lipinski definition) is 6. The Hall–Kier alpha value is -4.15. The number of carbonyl (C=O) groups excluding carboxylic acids is 2. The van der Waals surface area contributed by atoms with E-state index in [9.17, 15) is 18.4 Å². The van der Waals surface area contributed by atoms with Crippen molar-refractivity contribution in [1.82, 2.24) is 15.2 Å². The Labute approximate surface area is 252 Å². The standard InChI is InChI=1S/C33H41F2N5O3/c1-4-40(5-2)18-17-39(3)24-26-11-8-12-27(20-26)32(41)37-31-15-14-29(43-19-7-6-16-34)22-30(31)33(42)38-36-23-25-10-9-13-28(35)21-25/h8-15,20-23H,4-7,16-19,24H2,1-3H3,(H,37,41)(H,38,42). The number of halogens is 2. The third-order valence-corrected chi connectivity index (χ3v) is 6.84. The molecule has 0 radical (unpaired) electrons. The maximum absolute atomic E-state index is 13.5. The Bertz CT molecular complexity index is 1360. The second-order valence-electron chi connectivity index (χ2n) is 10.1. The first kappa shape index (κ1) is 33.4. The highest BCUT2D eigenvalue weighted by molar-refractivity contribution is 6.09. The summed E-state index contributed by atoms with van der Waals surface area (Å²) in [4.78, 5) is 31.0. The van der Waals surface area contributed by atoms with Crippen molar-refractivity contribution >= 4 is 23.7 Å². The van der Waals surface area contributed by atoms with Gasteiger partial charge in [-0.3, -0.25) is 14.0 Å². The van der Waals surface area contributed by atoms with Gasteiger partial charge in [-0.2, -0.15) is 5.10 Å². The predicted octanol–water partition coefficient (Wildman–Crippen LogP) is 5.74. The Morgan fingerprint density at radius 1 is 0.953 bits per heavy atom. The number of carbonyl (C=O) groups is 2. The van der Waals surface area contributed by atoms with Crippen LogP contribution in [0.3, 0.4) is 0 Å². The summed E-state index contributed by atoms with van der Waals surface area (Å²) in [6.45, 7) is 8.72. The number of alkyl halides is 1. The number of rotatable bonds is 17. The number of amides is 2.